The van der Waals surface area contributed by atoms with Crippen LogP contribution in [0.4, 0.5) is 0 Å². The number of piperazine rings is 1. The van der Waals surface area contributed by atoms with Gasteiger partial charge in [-0.25, -0.2) is 8.42 Å². The molecule has 8 heteroatoms. The van der Waals surface area contributed by atoms with Gasteiger partial charge in [-0.2, -0.15) is 4.31 Å². The van der Waals surface area contributed by atoms with Crippen molar-refractivity contribution in [2.75, 3.05) is 32.7 Å². The number of hydrogen-bond donors (Lipinski definition) is 0. The molecule has 0 unspecified atom stereocenters. The molecule has 0 bridgehead atoms. The molecule has 1 aliphatic carbocycles. The largest absolute Gasteiger partial charge is 0.339 e. The summed E-state index contributed by atoms with van der Waals surface area (Å²) in [4.78, 5) is 17.4. The predicted molar refractivity (Wildman–Crippen MR) is 116 cm³/mol. The maximum absolute atomic E-state index is 13.2. The molecule has 0 aromatic heterocycles. The molecule has 0 N–H and O–H groups in total. The Hall–Kier alpha value is -1.15. The van der Waals surface area contributed by atoms with Crippen molar-refractivity contribution in [3.8, 4) is 0 Å². The molecule has 1 aromatic carbocycles. The van der Waals surface area contributed by atoms with Crippen molar-refractivity contribution >= 4 is 27.5 Å². The highest BCUT2D eigenvalue weighted by Crippen LogP contribution is 2.26. The van der Waals surface area contributed by atoms with Crippen LogP contribution in [0.1, 0.15) is 46.0 Å². The summed E-state index contributed by atoms with van der Waals surface area (Å²) in [5.74, 6) is 0.168. The summed E-state index contributed by atoms with van der Waals surface area (Å²) in [7, 11) is -3.62. The highest BCUT2D eigenvalue weighted by molar-refractivity contribution is 7.89. The second kappa shape index (κ2) is 9.77. The number of benzene rings is 1. The fraction of sp³-hybridized carbons (Fsp3) is 0.667. The van der Waals surface area contributed by atoms with Gasteiger partial charge in [0.1, 0.15) is 4.90 Å². The van der Waals surface area contributed by atoms with Gasteiger partial charge in [0.2, 0.25) is 15.9 Å². The molecule has 2 fully saturated rings. The molecule has 1 heterocycles. The number of hydrogen-bond acceptors (Lipinski definition) is 4. The molecule has 2 aliphatic rings. The lowest BCUT2D eigenvalue weighted by atomic mass is 9.93. The Kier molecular flexibility index (Phi) is 7.59. The summed E-state index contributed by atoms with van der Waals surface area (Å²) in [5, 5.41) is 0.240. The van der Waals surface area contributed by atoms with E-state index in [1.54, 1.807) is 24.3 Å². The predicted octanol–water partition coefficient (Wildman–Crippen LogP) is 3.22. The fourth-order valence-electron chi connectivity index (χ4n) is 4.51. The zero-order valence-corrected chi connectivity index (χ0v) is 19.0. The van der Waals surface area contributed by atoms with Crippen molar-refractivity contribution in [2.45, 2.75) is 62.9 Å². The molecular weight excluding hydrogens is 410 g/mol. The average molecular weight is 442 g/mol. The van der Waals surface area contributed by atoms with Gasteiger partial charge >= 0.3 is 0 Å². The minimum Gasteiger partial charge on any atom is -0.339 e. The van der Waals surface area contributed by atoms with Gasteiger partial charge in [-0.1, -0.05) is 43.0 Å². The first-order valence-electron chi connectivity index (χ1n) is 10.7. The van der Waals surface area contributed by atoms with Crippen molar-refractivity contribution in [1.29, 1.82) is 0 Å². The molecule has 1 aliphatic heterocycles. The Balaban J connectivity index is 1.62. The fourth-order valence-corrected chi connectivity index (χ4v) is 6.42. The molecule has 1 amide bonds. The molecule has 162 valence electrons. The Morgan fingerprint density at radius 1 is 1.14 bits per heavy atom. The van der Waals surface area contributed by atoms with E-state index >= 15 is 0 Å². The van der Waals surface area contributed by atoms with E-state index in [0.717, 1.165) is 19.4 Å². The van der Waals surface area contributed by atoms with Gasteiger partial charge in [0.05, 0.1) is 11.1 Å². The van der Waals surface area contributed by atoms with Crippen LogP contribution < -0.4 is 0 Å². The van der Waals surface area contributed by atoms with E-state index in [4.69, 9.17) is 11.6 Å². The Labute approximate surface area is 179 Å². The lowest BCUT2D eigenvalue weighted by molar-refractivity contribution is -0.139. The summed E-state index contributed by atoms with van der Waals surface area (Å²) in [5.41, 5.74) is 0. The molecule has 6 nitrogen and oxygen atoms in total. The smallest absolute Gasteiger partial charge is 0.244 e. The first kappa shape index (κ1) is 22.5. The van der Waals surface area contributed by atoms with E-state index in [2.05, 4.69) is 4.90 Å². The van der Waals surface area contributed by atoms with Crippen molar-refractivity contribution in [3.63, 3.8) is 0 Å². The topological polar surface area (TPSA) is 60.9 Å². The Bertz CT molecular complexity index is 803. The number of carbonyl (C=O) groups is 1. The minimum absolute atomic E-state index is 0.147. The van der Waals surface area contributed by atoms with Gasteiger partial charge in [0.25, 0.3) is 0 Å². The number of amides is 1. The van der Waals surface area contributed by atoms with Crippen LogP contribution in [-0.4, -0.2) is 73.2 Å². The van der Waals surface area contributed by atoms with Gasteiger partial charge in [0.15, 0.2) is 0 Å². The van der Waals surface area contributed by atoms with Gasteiger partial charge in [-0.15, -0.1) is 0 Å². The molecule has 0 spiro atoms. The third-order valence-corrected chi connectivity index (χ3v) is 8.67. The third-order valence-electron chi connectivity index (χ3n) is 6.27. The molecule has 3 rings (SSSR count). The molecule has 1 aromatic rings. The zero-order chi connectivity index (χ0) is 21.0. The molecular formula is C21H32ClN3O3S. The summed E-state index contributed by atoms with van der Waals surface area (Å²) in [6.45, 7) is 6.53. The van der Waals surface area contributed by atoms with Crippen LogP contribution in [0.5, 0.6) is 0 Å². The zero-order valence-electron chi connectivity index (χ0n) is 17.4. The van der Waals surface area contributed by atoms with Gasteiger partial charge in [-0.05, 0) is 38.8 Å². The van der Waals surface area contributed by atoms with Crippen molar-refractivity contribution < 1.29 is 13.2 Å². The number of halogens is 1. The Morgan fingerprint density at radius 2 is 1.76 bits per heavy atom. The lowest BCUT2D eigenvalue weighted by Crippen LogP contribution is -2.56. The van der Waals surface area contributed by atoms with Crippen LogP contribution in [0.2, 0.25) is 5.02 Å². The summed E-state index contributed by atoms with van der Waals surface area (Å²) in [6.07, 6.45) is 5.84. The van der Waals surface area contributed by atoms with E-state index in [1.165, 1.54) is 23.6 Å². The van der Waals surface area contributed by atoms with Crippen LogP contribution in [-0.2, 0) is 14.8 Å². The van der Waals surface area contributed by atoms with E-state index in [1.807, 2.05) is 18.7 Å². The standard InChI is InChI=1S/C21H32ClN3O3S/c1-3-25(18-9-5-4-6-10-18)21(26)17(2)23-13-15-24(16-14-23)29(27,28)20-12-8-7-11-19(20)22/h7-8,11-12,17-18H,3-6,9-10,13-16H2,1-2H3/t17-/m0/s1. The van der Waals surface area contributed by atoms with E-state index in [9.17, 15) is 13.2 Å². The maximum Gasteiger partial charge on any atom is 0.244 e. The monoisotopic (exact) mass is 441 g/mol. The first-order chi connectivity index (χ1) is 13.9. The van der Waals surface area contributed by atoms with Crippen LogP contribution in [0, 0.1) is 0 Å². The summed E-state index contributed by atoms with van der Waals surface area (Å²) < 4.78 is 27.3. The molecule has 1 saturated heterocycles. The number of sulfonamides is 1. The third kappa shape index (κ3) is 4.95. The molecule has 29 heavy (non-hydrogen) atoms. The summed E-state index contributed by atoms with van der Waals surface area (Å²) in [6, 6.07) is 6.65. The SMILES string of the molecule is CCN(C(=O)[C@H](C)N1CCN(S(=O)(=O)c2ccccc2Cl)CC1)C1CCCCC1. The molecule has 1 saturated carbocycles. The van der Waals surface area contributed by atoms with Gasteiger partial charge in [-0.3, -0.25) is 9.69 Å². The highest BCUT2D eigenvalue weighted by Gasteiger charge is 2.35. The van der Waals surface area contributed by atoms with E-state index in [-0.39, 0.29) is 21.9 Å². The second-order valence-corrected chi connectivity index (χ2v) is 10.3. The summed E-state index contributed by atoms with van der Waals surface area (Å²) >= 11 is 6.11. The quantitative estimate of drug-likeness (QED) is 0.680. The van der Waals surface area contributed by atoms with E-state index < -0.39 is 10.0 Å². The first-order valence-corrected chi connectivity index (χ1v) is 12.5. The van der Waals surface area contributed by atoms with Crippen LogP contribution in [0.15, 0.2) is 29.2 Å². The second-order valence-electron chi connectivity index (χ2n) is 7.96. The number of likely N-dealkylation sites (N-methyl/N-ethyl adjacent to an activating group) is 1. The van der Waals surface area contributed by atoms with Crippen LogP contribution in [0.3, 0.4) is 0 Å². The molecule has 0 radical (unpaired) electrons. The van der Waals surface area contributed by atoms with Crippen LogP contribution in [0.25, 0.3) is 0 Å². The average Bonchev–Trinajstić information content (AvgIpc) is 2.74. The number of nitrogens with zero attached hydrogens (tertiary/aromatic N) is 3. The Morgan fingerprint density at radius 3 is 2.34 bits per heavy atom. The van der Waals surface area contributed by atoms with Gasteiger partial charge in [0, 0.05) is 38.8 Å². The lowest BCUT2D eigenvalue weighted by Gasteiger charge is -2.40. The van der Waals surface area contributed by atoms with Crippen molar-refractivity contribution in [3.05, 3.63) is 29.3 Å². The normalized spacial score (nSPS) is 21.1. The minimum atomic E-state index is -3.62. The van der Waals surface area contributed by atoms with Crippen molar-refractivity contribution in [1.82, 2.24) is 14.1 Å². The number of carbonyl (C=O) groups excluding carboxylic acids is 1. The van der Waals surface area contributed by atoms with Gasteiger partial charge < -0.3 is 4.90 Å². The maximum atomic E-state index is 13.2. The van der Waals surface area contributed by atoms with E-state index in [0.29, 0.717) is 32.2 Å². The van der Waals surface area contributed by atoms with Crippen molar-refractivity contribution in [2.24, 2.45) is 0 Å². The highest BCUT2D eigenvalue weighted by atomic mass is 35.5. The van der Waals surface area contributed by atoms with Crippen LogP contribution >= 0.6 is 11.6 Å². The molecule has 1 atom stereocenters. The number of rotatable bonds is 6.